The summed E-state index contributed by atoms with van der Waals surface area (Å²) in [7, 11) is 0. The van der Waals surface area contributed by atoms with Gasteiger partial charge in [-0.25, -0.2) is 0 Å². The second-order valence-corrected chi connectivity index (χ2v) is 7.32. The van der Waals surface area contributed by atoms with Gasteiger partial charge in [0.1, 0.15) is 5.75 Å². The van der Waals surface area contributed by atoms with Crippen LogP contribution in [0.15, 0.2) is 64.4 Å². The Morgan fingerprint density at radius 1 is 1.13 bits per heavy atom. The normalized spacial score (nSPS) is 18.7. The van der Waals surface area contributed by atoms with E-state index in [0.717, 1.165) is 0 Å². The standard InChI is InChI=1S/C22H19F3N2O3/c23-22(24,25)21(29,12-14-10-11-30-19-7-2-1-4-15(14)19)13-26-17-5-3-6-18-16(17)8-9-20(28)27-18/h1-9,13-14,29H,10-12H2,(H,27,28). The Balaban J connectivity index is 1.70. The molecule has 0 aliphatic carbocycles. The number of pyridine rings is 1. The number of halogens is 3. The summed E-state index contributed by atoms with van der Waals surface area (Å²) in [6.07, 6.45) is -4.56. The second-order valence-electron chi connectivity index (χ2n) is 7.32. The number of nitrogens with zero attached hydrogens (tertiary/aromatic N) is 1. The Hall–Kier alpha value is -3.13. The molecule has 8 heteroatoms. The van der Waals surface area contributed by atoms with Gasteiger partial charge in [-0.15, -0.1) is 0 Å². The molecule has 0 bridgehead atoms. The van der Waals surface area contributed by atoms with Crippen LogP contribution in [0.3, 0.4) is 0 Å². The van der Waals surface area contributed by atoms with Crippen LogP contribution < -0.4 is 10.3 Å². The SMILES string of the molecule is O=c1ccc2c(N=CC(O)(CC3CCOc4ccccc43)C(F)(F)F)cccc2[nH]1. The molecule has 0 saturated carbocycles. The van der Waals surface area contributed by atoms with E-state index in [2.05, 4.69) is 9.98 Å². The van der Waals surface area contributed by atoms with Crippen LogP contribution in [0.25, 0.3) is 10.9 Å². The molecule has 4 rings (SSSR count). The highest BCUT2D eigenvalue weighted by Crippen LogP contribution is 2.43. The molecule has 2 unspecified atom stereocenters. The fraction of sp³-hybridized carbons (Fsp3) is 0.273. The number of nitrogens with one attached hydrogen (secondary N) is 1. The lowest BCUT2D eigenvalue weighted by Gasteiger charge is -2.33. The average molecular weight is 416 g/mol. The highest BCUT2D eigenvalue weighted by atomic mass is 19.4. The number of rotatable bonds is 4. The number of fused-ring (bicyclic) bond motifs is 2. The molecule has 156 valence electrons. The van der Waals surface area contributed by atoms with Gasteiger partial charge < -0.3 is 14.8 Å². The number of para-hydroxylation sites is 1. The lowest BCUT2D eigenvalue weighted by atomic mass is 9.82. The van der Waals surface area contributed by atoms with Gasteiger partial charge in [0.15, 0.2) is 5.60 Å². The molecule has 2 aromatic carbocycles. The van der Waals surface area contributed by atoms with Gasteiger partial charge in [0.2, 0.25) is 5.56 Å². The van der Waals surface area contributed by atoms with Crippen molar-refractivity contribution in [3.05, 3.63) is 70.5 Å². The minimum Gasteiger partial charge on any atom is -0.493 e. The van der Waals surface area contributed by atoms with Crippen LogP contribution in [0.2, 0.25) is 0 Å². The topological polar surface area (TPSA) is 74.7 Å². The zero-order chi connectivity index (χ0) is 21.4. The van der Waals surface area contributed by atoms with Crippen LogP contribution in [0.4, 0.5) is 18.9 Å². The van der Waals surface area contributed by atoms with Crippen LogP contribution in [0.1, 0.15) is 24.3 Å². The first-order chi connectivity index (χ1) is 14.3. The molecule has 5 nitrogen and oxygen atoms in total. The fourth-order valence-corrected chi connectivity index (χ4v) is 3.70. The molecule has 1 aliphatic heterocycles. The number of hydrogen-bond donors (Lipinski definition) is 2. The van der Waals surface area contributed by atoms with Gasteiger partial charge in [-0.1, -0.05) is 24.3 Å². The average Bonchev–Trinajstić information content (AvgIpc) is 2.71. The number of aliphatic imine (C=N–C) groups is 1. The van der Waals surface area contributed by atoms with Gasteiger partial charge in [-0.3, -0.25) is 9.79 Å². The molecule has 1 aromatic heterocycles. The first kappa shape index (κ1) is 20.2. The Morgan fingerprint density at radius 3 is 2.73 bits per heavy atom. The summed E-state index contributed by atoms with van der Waals surface area (Å²) >= 11 is 0. The summed E-state index contributed by atoms with van der Waals surface area (Å²) < 4.78 is 47.2. The van der Waals surface area contributed by atoms with E-state index in [0.29, 0.717) is 34.9 Å². The van der Waals surface area contributed by atoms with Crippen LogP contribution in [-0.4, -0.2) is 34.7 Å². The Labute approximate surface area is 169 Å². The summed E-state index contributed by atoms with van der Waals surface area (Å²) in [5.41, 5.74) is -2.13. The van der Waals surface area contributed by atoms with Crippen LogP contribution in [0.5, 0.6) is 5.75 Å². The number of aliphatic hydroxyl groups is 1. The number of ether oxygens (including phenoxy) is 1. The molecule has 30 heavy (non-hydrogen) atoms. The zero-order valence-electron chi connectivity index (χ0n) is 15.8. The lowest BCUT2D eigenvalue weighted by molar-refractivity contribution is -0.232. The fourth-order valence-electron chi connectivity index (χ4n) is 3.70. The molecular formula is C22H19F3N2O3. The molecule has 2 atom stereocenters. The summed E-state index contributed by atoms with van der Waals surface area (Å²) in [6, 6.07) is 14.4. The molecule has 0 spiro atoms. The van der Waals surface area contributed by atoms with Crippen LogP contribution >= 0.6 is 0 Å². The molecule has 0 fully saturated rings. The monoisotopic (exact) mass is 416 g/mol. The van der Waals surface area contributed by atoms with E-state index < -0.39 is 24.1 Å². The van der Waals surface area contributed by atoms with Crippen molar-refractivity contribution in [3.63, 3.8) is 0 Å². The minimum atomic E-state index is -4.91. The lowest BCUT2D eigenvalue weighted by Crippen LogP contribution is -2.48. The van der Waals surface area contributed by atoms with Crippen molar-refractivity contribution >= 4 is 22.8 Å². The third kappa shape index (κ3) is 3.82. The molecule has 0 saturated heterocycles. The van der Waals surface area contributed by atoms with Crippen molar-refractivity contribution < 1.29 is 23.0 Å². The third-order valence-corrected chi connectivity index (χ3v) is 5.29. The maximum atomic E-state index is 13.9. The zero-order valence-corrected chi connectivity index (χ0v) is 15.8. The molecular weight excluding hydrogens is 397 g/mol. The van der Waals surface area contributed by atoms with Gasteiger partial charge in [0.25, 0.3) is 0 Å². The molecule has 0 amide bonds. The predicted octanol–water partition coefficient (Wildman–Crippen LogP) is 4.48. The summed E-state index contributed by atoms with van der Waals surface area (Å²) in [6.45, 7) is 0.281. The van der Waals surface area contributed by atoms with E-state index in [9.17, 15) is 23.1 Å². The molecule has 2 heterocycles. The quantitative estimate of drug-likeness (QED) is 0.616. The highest BCUT2D eigenvalue weighted by Gasteiger charge is 2.54. The van der Waals surface area contributed by atoms with Crippen LogP contribution in [0, 0.1) is 0 Å². The first-order valence-electron chi connectivity index (χ1n) is 9.45. The second kappa shape index (κ2) is 7.60. The van der Waals surface area contributed by atoms with E-state index in [1.807, 2.05) is 0 Å². The van der Waals surface area contributed by atoms with E-state index in [1.165, 1.54) is 18.2 Å². The van der Waals surface area contributed by atoms with Crippen molar-refractivity contribution in [2.24, 2.45) is 4.99 Å². The summed E-state index contributed by atoms with van der Waals surface area (Å²) in [5, 5.41) is 11.1. The van der Waals surface area contributed by atoms with Crippen molar-refractivity contribution in [1.82, 2.24) is 4.98 Å². The predicted molar refractivity (Wildman–Crippen MR) is 108 cm³/mol. The maximum Gasteiger partial charge on any atom is 0.422 e. The number of aromatic nitrogens is 1. The largest absolute Gasteiger partial charge is 0.493 e. The van der Waals surface area contributed by atoms with Crippen molar-refractivity contribution in [1.29, 1.82) is 0 Å². The van der Waals surface area contributed by atoms with Crippen molar-refractivity contribution in [3.8, 4) is 5.75 Å². The van der Waals surface area contributed by atoms with E-state index in [4.69, 9.17) is 4.74 Å². The minimum absolute atomic E-state index is 0.221. The summed E-state index contributed by atoms with van der Waals surface area (Å²) in [4.78, 5) is 18.1. The van der Waals surface area contributed by atoms with Crippen LogP contribution in [-0.2, 0) is 0 Å². The Kier molecular flexibility index (Phi) is 5.11. The Bertz CT molecular complexity index is 1160. The van der Waals surface area contributed by atoms with Gasteiger partial charge in [0, 0.05) is 17.7 Å². The van der Waals surface area contributed by atoms with Crippen molar-refractivity contribution in [2.75, 3.05) is 6.61 Å². The number of hydrogen-bond acceptors (Lipinski definition) is 4. The van der Waals surface area contributed by atoms with Gasteiger partial charge in [-0.05, 0) is 48.6 Å². The number of benzene rings is 2. The molecule has 3 aromatic rings. The third-order valence-electron chi connectivity index (χ3n) is 5.29. The maximum absolute atomic E-state index is 13.9. The van der Waals surface area contributed by atoms with E-state index >= 15 is 0 Å². The number of H-pyrrole nitrogens is 1. The van der Waals surface area contributed by atoms with Gasteiger partial charge in [-0.2, -0.15) is 13.2 Å². The van der Waals surface area contributed by atoms with E-state index in [-0.39, 0.29) is 17.9 Å². The smallest absolute Gasteiger partial charge is 0.422 e. The van der Waals surface area contributed by atoms with Gasteiger partial charge >= 0.3 is 6.18 Å². The van der Waals surface area contributed by atoms with Crippen molar-refractivity contribution in [2.45, 2.75) is 30.5 Å². The Morgan fingerprint density at radius 2 is 1.93 bits per heavy atom. The van der Waals surface area contributed by atoms with Gasteiger partial charge in [0.05, 0.1) is 17.8 Å². The van der Waals surface area contributed by atoms with E-state index in [1.54, 1.807) is 36.4 Å². The number of aromatic amines is 1. The number of alkyl halides is 3. The molecule has 0 radical (unpaired) electrons. The molecule has 2 N–H and O–H groups in total. The molecule has 1 aliphatic rings. The highest BCUT2D eigenvalue weighted by molar-refractivity contribution is 5.91. The first-order valence-corrected chi connectivity index (χ1v) is 9.45. The summed E-state index contributed by atoms with van der Waals surface area (Å²) in [5.74, 6) is 0.00474.